The molecular weight excluding hydrogens is 224 g/mol. The molecule has 0 unspecified atom stereocenters. The van der Waals surface area contributed by atoms with Gasteiger partial charge in [0, 0.05) is 29.7 Å². The van der Waals surface area contributed by atoms with Crippen molar-refractivity contribution in [2.75, 3.05) is 18.8 Å². The van der Waals surface area contributed by atoms with Crippen LogP contribution in [-0.4, -0.2) is 23.9 Å². The highest BCUT2D eigenvalue weighted by molar-refractivity contribution is 6.09. The summed E-state index contributed by atoms with van der Waals surface area (Å²) < 4.78 is 0. The maximum Gasteiger partial charge on any atom is 0.254 e. The van der Waals surface area contributed by atoms with Crippen LogP contribution >= 0.6 is 0 Å². The molecule has 0 saturated carbocycles. The number of rotatable bonds is 3. The standard InChI is InChI=1S/C15H18N2O/c1-3-17(4-2)15(18)13-9-10-14(16)12-8-6-5-7-11(12)13/h5-10H,3-4,16H2,1-2H3. The average Bonchev–Trinajstić information content (AvgIpc) is 2.41. The molecule has 0 heterocycles. The number of fused-ring (bicyclic) bond motifs is 1. The Hall–Kier alpha value is -2.03. The molecule has 3 nitrogen and oxygen atoms in total. The molecule has 0 aliphatic rings. The van der Waals surface area contributed by atoms with Crippen LogP contribution in [0.1, 0.15) is 24.2 Å². The van der Waals surface area contributed by atoms with E-state index < -0.39 is 0 Å². The Morgan fingerprint density at radius 3 is 2.28 bits per heavy atom. The normalized spacial score (nSPS) is 10.6. The highest BCUT2D eigenvalue weighted by Crippen LogP contribution is 2.25. The molecule has 2 aromatic carbocycles. The lowest BCUT2D eigenvalue weighted by Gasteiger charge is -2.20. The van der Waals surface area contributed by atoms with Crippen LogP contribution in [0.15, 0.2) is 36.4 Å². The van der Waals surface area contributed by atoms with Crippen LogP contribution in [0, 0.1) is 0 Å². The number of carbonyl (C=O) groups is 1. The Labute approximate surface area is 107 Å². The number of amides is 1. The summed E-state index contributed by atoms with van der Waals surface area (Å²) in [6.45, 7) is 5.41. The number of benzene rings is 2. The minimum Gasteiger partial charge on any atom is -0.398 e. The topological polar surface area (TPSA) is 46.3 Å². The van der Waals surface area contributed by atoms with Crippen LogP contribution in [0.5, 0.6) is 0 Å². The molecular formula is C15H18N2O. The molecule has 0 aromatic heterocycles. The minimum absolute atomic E-state index is 0.0659. The molecule has 0 aliphatic carbocycles. The summed E-state index contributed by atoms with van der Waals surface area (Å²) >= 11 is 0. The van der Waals surface area contributed by atoms with Gasteiger partial charge in [-0.05, 0) is 31.4 Å². The molecule has 94 valence electrons. The van der Waals surface area contributed by atoms with Crippen LogP contribution in [-0.2, 0) is 0 Å². The summed E-state index contributed by atoms with van der Waals surface area (Å²) in [7, 11) is 0. The minimum atomic E-state index is 0.0659. The Morgan fingerprint density at radius 1 is 1.06 bits per heavy atom. The molecule has 1 amide bonds. The first-order valence-corrected chi connectivity index (χ1v) is 6.25. The fourth-order valence-electron chi connectivity index (χ4n) is 2.19. The van der Waals surface area contributed by atoms with Crippen molar-refractivity contribution in [2.45, 2.75) is 13.8 Å². The van der Waals surface area contributed by atoms with Crippen LogP contribution < -0.4 is 5.73 Å². The summed E-state index contributed by atoms with van der Waals surface area (Å²) in [5.41, 5.74) is 7.38. The Morgan fingerprint density at radius 2 is 1.67 bits per heavy atom. The molecule has 0 aliphatic heterocycles. The van der Waals surface area contributed by atoms with E-state index in [0.717, 1.165) is 16.3 Å². The van der Waals surface area contributed by atoms with E-state index in [1.807, 2.05) is 49.1 Å². The quantitative estimate of drug-likeness (QED) is 0.841. The second-order valence-electron chi connectivity index (χ2n) is 4.23. The molecule has 2 rings (SSSR count). The molecule has 0 spiro atoms. The molecule has 0 fully saturated rings. The number of nitrogen functional groups attached to an aromatic ring is 1. The van der Waals surface area contributed by atoms with Gasteiger partial charge in [-0.25, -0.2) is 0 Å². The van der Waals surface area contributed by atoms with E-state index in [0.29, 0.717) is 18.8 Å². The van der Waals surface area contributed by atoms with Gasteiger partial charge >= 0.3 is 0 Å². The first-order chi connectivity index (χ1) is 8.69. The molecule has 0 bridgehead atoms. The van der Waals surface area contributed by atoms with E-state index in [1.165, 1.54) is 0 Å². The third kappa shape index (κ3) is 2.04. The molecule has 0 atom stereocenters. The number of carbonyl (C=O) groups excluding carboxylic acids is 1. The predicted molar refractivity (Wildman–Crippen MR) is 75.6 cm³/mol. The van der Waals surface area contributed by atoms with Gasteiger partial charge in [-0.15, -0.1) is 0 Å². The largest absolute Gasteiger partial charge is 0.398 e. The van der Waals surface area contributed by atoms with Crippen molar-refractivity contribution in [3.63, 3.8) is 0 Å². The van der Waals surface area contributed by atoms with Gasteiger partial charge in [0.25, 0.3) is 5.91 Å². The average molecular weight is 242 g/mol. The SMILES string of the molecule is CCN(CC)C(=O)c1ccc(N)c2ccccc12. The van der Waals surface area contributed by atoms with Gasteiger partial charge in [-0.1, -0.05) is 24.3 Å². The van der Waals surface area contributed by atoms with E-state index in [1.54, 1.807) is 6.07 Å². The van der Waals surface area contributed by atoms with Gasteiger partial charge in [0.2, 0.25) is 0 Å². The number of hydrogen-bond acceptors (Lipinski definition) is 2. The number of hydrogen-bond donors (Lipinski definition) is 1. The monoisotopic (exact) mass is 242 g/mol. The van der Waals surface area contributed by atoms with E-state index >= 15 is 0 Å². The second kappa shape index (κ2) is 5.08. The Bertz CT molecular complexity index is 574. The molecule has 0 saturated heterocycles. The summed E-state index contributed by atoms with van der Waals surface area (Å²) in [5.74, 6) is 0.0659. The van der Waals surface area contributed by atoms with Gasteiger partial charge < -0.3 is 10.6 Å². The zero-order valence-electron chi connectivity index (χ0n) is 10.8. The van der Waals surface area contributed by atoms with Gasteiger partial charge in [0.1, 0.15) is 0 Å². The van der Waals surface area contributed by atoms with E-state index in [2.05, 4.69) is 0 Å². The predicted octanol–water partition coefficient (Wildman–Crippen LogP) is 2.90. The summed E-state index contributed by atoms with van der Waals surface area (Å²) in [6, 6.07) is 11.4. The summed E-state index contributed by atoms with van der Waals surface area (Å²) in [5, 5.41) is 1.87. The third-order valence-corrected chi connectivity index (χ3v) is 3.24. The van der Waals surface area contributed by atoms with Gasteiger partial charge in [-0.3, -0.25) is 4.79 Å². The maximum absolute atomic E-state index is 12.4. The molecule has 2 N–H and O–H groups in total. The number of nitrogens with zero attached hydrogens (tertiary/aromatic N) is 1. The zero-order chi connectivity index (χ0) is 13.1. The van der Waals surface area contributed by atoms with Crippen molar-refractivity contribution < 1.29 is 4.79 Å². The van der Waals surface area contributed by atoms with Crippen molar-refractivity contribution in [3.05, 3.63) is 42.0 Å². The summed E-state index contributed by atoms with van der Waals surface area (Å²) in [6.07, 6.45) is 0. The van der Waals surface area contributed by atoms with E-state index in [9.17, 15) is 4.79 Å². The lowest BCUT2D eigenvalue weighted by Crippen LogP contribution is -2.30. The summed E-state index contributed by atoms with van der Waals surface area (Å²) in [4.78, 5) is 14.2. The van der Waals surface area contributed by atoms with E-state index in [-0.39, 0.29) is 5.91 Å². The number of anilines is 1. The maximum atomic E-state index is 12.4. The Balaban J connectivity index is 2.58. The fraction of sp³-hybridized carbons (Fsp3) is 0.267. The fourth-order valence-corrected chi connectivity index (χ4v) is 2.19. The first kappa shape index (κ1) is 12.4. The van der Waals surface area contributed by atoms with Crippen LogP contribution in [0.4, 0.5) is 5.69 Å². The van der Waals surface area contributed by atoms with Crippen LogP contribution in [0.3, 0.4) is 0 Å². The highest BCUT2D eigenvalue weighted by Gasteiger charge is 2.15. The number of nitrogens with two attached hydrogens (primary N) is 1. The Kier molecular flexibility index (Phi) is 3.51. The van der Waals surface area contributed by atoms with Crippen molar-refractivity contribution in [3.8, 4) is 0 Å². The lowest BCUT2D eigenvalue weighted by molar-refractivity contribution is 0.0775. The molecule has 18 heavy (non-hydrogen) atoms. The lowest BCUT2D eigenvalue weighted by atomic mass is 10.0. The van der Waals surface area contributed by atoms with Gasteiger partial charge in [-0.2, -0.15) is 0 Å². The second-order valence-corrected chi connectivity index (χ2v) is 4.23. The van der Waals surface area contributed by atoms with E-state index in [4.69, 9.17) is 5.73 Å². The van der Waals surface area contributed by atoms with Crippen molar-refractivity contribution in [2.24, 2.45) is 0 Å². The van der Waals surface area contributed by atoms with Crippen LogP contribution in [0.2, 0.25) is 0 Å². The van der Waals surface area contributed by atoms with Gasteiger partial charge in [0.05, 0.1) is 0 Å². The highest BCUT2D eigenvalue weighted by atomic mass is 16.2. The molecule has 2 aromatic rings. The molecule has 3 heteroatoms. The van der Waals surface area contributed by atoms with Crippen LogP contribution in [0.25, 0.3) is 10.8 Å². The smallest absolute Gasteiger partial charge is 0.254 e. The van der Waals surface area contributed by atoms with Gasteiger partial charge in [0.15, 0.2) is 0 Å². The molecule has 0 radical (unpaired) electrons. The third-order valence-electron chi connectivity index (χ3n) is 3.24. The van der Waals surface area contributed by atoms with Crippen molar-refractivity contribution in [1.29, 1.82) is 0 Å². The van der Waals surface area contributed by atoms with Crippen molar-refractivity contribution in [1.82, 2.24) is 4.90 Å². The first-order valence-electron chi connectivity index (χ1n) is 6.25. The van der Waals surface area contributed by atoms with Crippen molar-refractivity contribution >= 4 is 22.4 Å². The zero-order valence-corrected chi connectivity index (χ0v) is 10.8.